The van der Waals surface area contributed by atoms with Gasteiger partial charge in [-0.15, -0.1) is 6.58 Å². The van der Waals surface area contributed by atoms with Gasteiger partial charge < -0.3 is 4.57 Å². The third-order valence-electron chi connectivity index (χ3n) is 4.67. The molecule has 4 aromatic rings. The number of hydrogen-bond donors (Lipinski definition) is 1. The molecule has 6 nitrogen and oxygen atoms in total. The number of thiazole rings is 1. The van der Waals surface area contributed by atoms with Crippen LogP contribution >= 0.6 is 34.5 Å². The van der Waals surface area contributed by atoms with E-state index in [4.69, 9.17) is 23.2 Å². The van der Waals surface area contributed by atoms with Crippen molar-refractivity contribution in [2.45, 2.75) is 11.4 Å². The second kappa shape index (κ2) is 9.52. The number of amides is 1. The van der Waals surface area contributed by atoms with Crippen molar-refractivity contribution in [3.05, 3.63) is 99.8 Å². The van der Waals surface area contributed by atoms with E-state index in [0.29, 0.717) is 38.2 Å². The van der Waals surface area contributed by atoms with Crippen molar-refractivity contribution in [2.24, 2.45) is 4.99 Å². The number of carbonyl (C=O) groups is 1. The first-order chi connectivity index (χ1) is 15.8. The lowest BCUT2D eigenvalue weighted by molar-refractivity contribution is 0.0998. The molecule has 0 bridgehead atoms. The number of halogens is 2. The molecule has 0 aliphatic heterocycles. The molecule has 0 aliphatic carbocycles. The lowest BCUT2D eigenvalue weighted by Crippen LogP contribution is -2.16. The highest BCUT2D eigenvalue weighted by Crippen LogP contribution is 2.32. The van der Waals surface area contributed by atoms with E-state index < -0.39 is 15.9 Å². The highest BCUT2D eigenvalue weighted by atomic mass is 35.5. The van der Waals surface area contributed by atoms with Gasteiger partial charge in [0.05, 0.1) is 25.2 Å². The third-order valence-corrected chi connectivity index (χ3v) is 7.92. The average Bonchev–Trinajstić information content (AvgIpc) is 3.16. The lowest BCUT2D eigenvalue weighted by atomic mass is 10.2. The first-order valence-electron chi connectivity index (χ1n) is 9.65. The standard InChI is InChI=1S/C23H17Cl2N3O3S2/c1-2-14-28-20-18(24)12-13-19(25)21(20)32-23(28)26-22(29)15-8-10-16(11-9-15)27-33(30,31)17-6-4-3-5-7-17/h2-13,27H,1,14H2. The predicted molar refractivity (Wildman–Crippen MR) is 134 cm³/mol. The van der Waals surface area contributed by atoms with Crippen LogP contribution in [0.3, 0.4) is 0 Å². The minimum atomic E-state index is -3.72. The SMILES string of the molecule is C=CCn1c(=NC(=O)c2ccc(NS(=O)(=O)c3ccccc3)cc2)sc2c(Cl)ccc(Cl)c21. The van der Waals surface area contributed by atoms with E-state index in [1.54, 1.807) is 41.0 Å². The minimum absolute atomic E-state index is 0.147. The number of benzene rings is 3. The number of nitrogens with zero attached hydrogens (tertiary/aromatic N) is 2. The maximum atomic E-state index is 12.8. The highest BCUT2D eigenvalue weighted by molar-refractivity contribution is 7.92. The Bertz CT molecular complexity index is 1530. The van der Waals surface area contributed by atoms with Crippen LogP contribution in [0.25, 0.3) is 10.2 Å². The Labute approximate surface area is 204 Å². The molecular formula is C23H17Cl2N3O3S2. The molecule has 0 atom stereocenters. The van der Waals surface area contributed by atoms with Crippen molar-refractivity contribution in [3.8, 4) is 0 Å². The van der Waals surface area contributed by atoms with Gasteiger partial charge in [0.2, 0.25) is 0 Å². The Kier molecular flexibility index (Phi) is 6.71. The van der Waals surface area contributed by atoms with E-state index >= 15 is 0 Å². The number of carbonyl (C=O) groups excluding carboxylic acids is 1. The number of aromatic nitrogens is 1. The van der Waals surface area contributed by atoms with Crippen LogP contribution in [0.4, 0.5) is 5.69 Å². The van der Waals surface area contributed by atoms with Crippen LogP contribution in [0.1, 0.15) is 10.4 Å². The van der Waals surface area contributed by atoms with Gasteiger partial charge in [-0.05, 0) is 48.5 Å². The summed E-state index contributed by atoms with van der Waals surface area (Å²) in [5.41, 5.74) is 1.32. The van der Waals surface area contributed by atoms with Crippen LogP contribution in [-0.4, -0.2) is 18.9 Å². The maximum absolute atomic E-state index is 12.8. The Morgan fingerprint density at radius 3 is 2.36 bits per heavy atom. The number of anilines is 1. The predicted octanol–water partition coefficient (Wildman–Crippen LogP) is 5.74. The van der Waals surface area contributed by atoms with E-state index in [1.807, 2.05) is 0 Å². The smallest absolute Gasteiger partial charge is 0.279 e. The number of sulfonamides is 1. The molecule has 1 N–H and O–H groups in total. The van der Waals surface area contributed by atoms with Gasteiger partial charge in [-0.25, -0.2) is 8.42 Å². The fraction of sp³-hybridized carbons (Fsp3) is 0.0435. The van der Waals surface area contributed by atoms with Gasteiger partial charge in [-0.2, -0.15) is 4.99 Å². The summed E-state index contributed by atoms with van der Waals surface area (Å²) in [4.78, 5) is 17.7. The van der Waals surface area contributed by atoms with Crippen molar-refractivity contribution in [3.63, 3.8) is 0 Å². The maximum Gasteiger partial charge on any atom is 0.279 e. The van der Waals surface area contributed by atoms with Gasteiger partial charge in [0, 0.05) is 17.8 Å². The molecule has 0 radical (unpaired) electrons. The molecule has 0 unspecified atom stereocenters. The van der Waals surface area contributed by atoms with Crippen molar-refractivity contribution in [1.29, 1.82) is 0 Å². The first-order valence-corrected chi connectivity index (χ1v) is 12.7. The zero-order valence-corrected chi connectivity index (χ0v) is 20.2. The Balaban J connectivity index is 1.65. The average molecular weight is 518 g/mol. The molecule has 1 heterocycles. The van der Waals surface area contributed by atoms with Gasteiger partial charge in [0.15, 0.2) is 4.80 Å². The van der Waals surface area contributed by atoms with Gasteiger partial charge in [0.25, 0.3) is 15.9 Å². The summed E-state index contributed by atoms with van der Waals surface area (Å²) in [6.45, 7) is 4.15. The van der Waals surface area contributed by atoms with Gasteiger partial charge in [-0.1, -0.05) is 58.8 Å². The molecule has 168 valence electrons. The van der Waals surface area contributed by atoms with E-state index in [1.165, 1.54) is 47.7 Å². The summed E-state index contributed by atoms with van der Waals surface area (Å²) in [5, 5.41) is 1.01. The zero-order chi connectivity index (χ0) is 23.6. The van der Waals surface area contributed by atoms with E-state index in [0.717, 1.165) is 4.70 Å². The highest BCUT2D eigenvalue weighted by Gasteiger charge is 2.15. The number of hydrogen-bond acceptors (Lipinski definition) is 4. The lowest BCUT2D eigenvalue weighted by Gasteiger charge is -2.08. The van der Waals surface area contributed by atoms with Crippen molar-refractivity contribution in [2.75, 3.05) is 4.72 Å². The zero-order valence-electron chi connectivity index (χ0n) is 17.0. The largest absolute Gasteiger partial charge is 0.311 e. The van der Waals surface area contributed by atoms with Crippen molar-refractivity contribution in [1.82, 2.24) is 4.57 Å². The number of allylic oxidation sites excluding steroid dienone is 1. The topological polar surface area (TPSA) is 80.5 Å². The monoisotopic (exact) mass is 517 g/mol. The van der Waals surface area contributed by atoms with E-state index in [-0.39, 0.29) is 4.90 Å². The second-order valence-electron chi connectivity index (χ2n) is 6.90. The third kappa shape index (κ3) is 4.89. The van der Waals surface area contributed by atoms with Crippen LogP contribution in [0, 0.1) is 0 Å². The number of rotatable bonds is 6. The molecule has 0 aliphatic rings. The molecule has 1 amide bonds. The van der Waals surface area contributed by atoms with E-state index in [9.17, 15) is 13.2 Å². The molecule has 1 aromatic heterocycles. The summed E-state index contributed by atoms with van der Waals surface area (Å²) < 4.78 is 29.9. The Hall–Kier alpha value is -2.91. The molecule has 0 saturated heterocycles. The minimum Gasteiger partial charge on any atom is -0.311 e. The number of fused-ring (bicyclic) bond motifs is 1. The second-order valence-corrected chi connectivity index (χ2v) is 10.4. The molecular weight excluding hydrogens is 501 g/mol. The Morgan fingerprint density at radius 2 is 1.70 bits per heavy atom. The van der Waals surface area contributed by atoms with Gasteiger partial charge in [-0.3, -0.25) is 9.52 Å². The molecule has 4 rings (SSSR count). The van der Waals surface area contributed by atoms with Gasteiger partial charge in [0.1, 0.15) is 0 Å². The molecule has 10 heteroatoms. The summed E-state index contributed by atoms with van der Waals surface area (Å²) in [5.74, 6) is -0.482. The molecule has 3 aromatic carbocycles. The quantitative estimate of drug-likeness (QED) is 0.331. The summed E-state index contributed by atoms with van der Waals surface area (Å²) in [7, 11) is -3.72. The van der Waals surface area contributed by atoms with Crippen LogP contribution in [0.15, 0.2) is 89.3 Å². The molecule has 0 spiro atoms. The number of nitrogens with one attached hydrogen (secondary N) is 1. The van der Waals surface area contributed by atoms with Crippen LogP contribution in [0.2, 0.25) is 10.0 Å². The van der Waals surface area contributed by atoms with Crippen molar-refractivity contribution < 1.29 is 13.2 Å². The first kappa shape index (κ1) is 23.3. The summed E-state index contributed by atoms with van der Waals surface area (Å²) in [6.07, 6.45) is 1.68. The van der Waals surface area contributed by atoms with E-state index in [2.05, 4.69) is 16.3 Å². The molecule has 0 saturated carbocycles. The molecule has 0 fully saturated rings. The summed E-state index contributed by atoms with van der Waals surface area (Å²) >= 11 is 13.9. The van der Waals surface area contributed by atoms with Crippen molar-refractivity contribution >= 4 is 66.4 Å². The van der Waals surface area contributed by atoms with Crippen LogP contribution in [-0.2, 0) is 16.6 Å². The van der Waals surface area contributed by atoms with Crippen LogP contribution < -0.4 is 9.52 Å². The normalized spacial score (nSPS) is 12.1. The fourth-order valence-electron chi connectivity index (χ4n) is 3.14. The molecule has 33 heavy (non-hydrogen) atoms. The Morgan fingerprint density at radius 1 is 1.03 bits per heavy atom. The fourth-order valence-corrected chi connectivity index (χ4v) is 5.87. The van der Waals surface area contributed by atoms with Gasteiger partial charge >= 0.3 is 0 Å². The summed E-state index contributed by atoms with van der Waals surface area (Å²) in [6, 6.07) is 17.5. The van der Waals surface area contributed by atoms with Crippen LogP contribution in [0.5, 0.6) is 0 Å².